The minimum Gasteiger partial charge on any atom is -0.353 e. The van der Waals surface area contributed by atoms with Crippen molar-refractivity contribution in [1.29, 1.82) is 5.26 Å². The Morgan fingerprint density at radius 3 is 2.53 bits per heavy atom. The zero-order chi connectivity index (χ0) is 9.80. The van der Waals surface area contributed by atoms with Gasteiger partial charge in [0, 0.05) is 26.2 Å². The van der Waals surface area contributed by atoms with Crippen molar-refractivity contribution in [2.45, 2.75) is 0 Å². The standard InChI is InChI=1S/C9H11N5.ClH/c10-5-8-6-13-9(7-12-8)14-3-1-11-2-4-14;/h6-7,11H,1-4H2;1H. The molecule has 0 radical (unpaired) electrons. The number of nitrogens with one attached hydrogen (secondary N) is 1. The number of anilines is 1. The van der Waals surface area contributed by atoms with Crippen LogP contribution in [0.15, 0.2) is 12.4 Å². The third kappa shape index (κ3) is 2.78. The molecule has 1 aromatic rings. The summed E-state index contributed by atoms with van der Waals surface area (Å²) in [7, 11) is 0. The molecule has 1 fully saturated rings. The normalized spacial score (nSPS) is 15.3. The Morgan fingerprint density at radius 2 is 2.00 bits per heavy atom. The fourth-order valence-electron chi connectivity index (χ4n) is 1.44. The number of nitriles is 1. The van der Waals surface area contributed by atoms with Crippen LogP contribution in [0.25, 0.3) is 0 Å². The van der Waals surface area contributed by atoms with Crippen LogP contribution in [0, 0.1) is 11.3 Å². The minimum atomic E-state index is 0. The SMILES string of the molecule is Cl.N#Cc1cnc(N2CCNCC2)cn1. The van der Waals surface area contributed by atoms with Crippen LogP contribution in [0.5, 0.6) is 0 Å². The first-order chi connectivity index (χ1) is 6.90. The van der Waals surface area contributed by atoms with E-state index in [0.29, 0.717) is 5.69 Å². The summed E-state index contributed by atoms with van der Waals surface area (Å²) in [5, 5.41) is 11.8. The van der Waals surface area contributed by atoms with Gasteiger partial charge in [0.1, 0.15) is 11.9 Å². The number of rotatable bonds is 1. The quantitative estimate of drug-likeness (QED) is 0.739. The molecule has 0 saturated carbocycles. The van der Waals surface area contributed by atoms with Crippen LogP contribution in [0.1, 0.15) is 5.69 Å². The molecule has 6 heteroatoms. The molecule has 5 nitrogen and oxygen atoms in total. The summed E-state index contributed by atoms with van der Waals surface area (Å²) < 4.78 is 0. The van der Waals surface area contributed by atoms with Crippen LogP contribution in [0.2, 0.25) is 0 Å². The van der Waals surface area contributed by atoms with Crippen molar-refractivity contribution in [2.75, 3.05) is 31.1 Å². The second kappa shape index (κ2) is 5.49. The van der Waals surface area contributed by atoms with Crippen molar-refractivity contribution in [2.24, 2.45) is 0 Å². The molecule has 0 spiro atoms. The summed E-state index contributed by atoms with van der Waals surface area (Å²) in [5.74, 6) is 0.852. The topological polar surface area (TPSA) is 64.8 Å². The Balaban J connectivity index is 0.00000112. The van der Waals surface area contributed by atoms with Gasteiger partial charge in [-0.15, -0.1) is 12.4 Å². The Bertz CT molecular complexity index is 339. The largest absolute Gasteiger partial charge is 0.353 e. The lowest BCUT2D eigenvalue weighted by atomic mass is 10.3. The molecule has 15 heavy (non-hydrogen) atoms. The Labute approximate surface area is 94.5 Å². The summed E-state index contributed by atoms with van der Waals surface area (Å²) in [6.45, 7) is 3.84. The van der Waals surface area contributed by atoms with E-state index in [2.05, 4.69) is 20.2 Å². The van der Waals surface area contributed by atoms with Crippen LogP contribution in [-0.4, -0.2) is 36.1 Å². The first kappa shape index (κ1) is 11.7. The zero-order valence-electron chi connectivity index (χ0n) is 8.18. The lowest BCUT2D eigenvalue weighted by molar-refractivity contribution is 0.584. The molecule has 1 aromatic heterocycles. The van der Waals surface area contributed by atoms with E-state index in [1.54, 1.807) is 6.20 Å². The predicted molar refractivity (Wildman–Crippen MR) is 59.1 cm³/mol. The molecular weight excluding hydrogens is 214 g/mol. The van der Waals surface area contributed by atoms with Gasteiger partial charge in [0.15, 0.2) is 5.69 Å². The predicted octanol–water partition coefficient (Wildman–Crippen LogP) is 0.180. The number of halogens is 1. The highest BCUT2D eigenvalue weighted by Gasteiger charge is 2.11. The molecular formula is C9H12ClN5. The first-order valence-corrected chi connectivity index (χ1v) is 4.58. The van der Waals surface area contributed by atoms with E-state index < -0.39 is 0 Å². The number of nitrogens with zero attached hydrogens (tertiary/aromatic N) is 4. The smallest absolute Gasteiger partial charge is 0.158 e. The zero-order valence-corrected chi connectivity index (χ0v) is 9.00. The molecule has 2 heterocycles. The third-order valence-electron chi connectivity index (χ3n) is 2.19. The van der Waals surface area contributed by atoms with Crippen molar-refractivity contribution in [3.63, 3.8) is 0 Å². The summed E-state index contributed by atoms with van der Waals surface area (Å²) >= 11 is 0. The lowest BCUT2D eigenvalue weighted by Crippen LogP contribution is -2.43. The van der Waals surface area contributed by atoms with Gasteiger partial charge in [-0.05, 0) is 0 Å². The van der Waals surface area contributed by atoms with Crippen LogP contribution >= 0.6 is 12.4 Å². The van der Waals surface area contributed by atoms with E-state index in [0.717, 1.165) is 32.0 Å². The molecule has 0 unspecified atom stereocenters. The molecule has 2 rings (SSSR count). The van der Waals surface area contributed by atoms with Crippen molar-refractivity contribution >= 4 is 18.2 Å². The molecule has 0 amide bonds. The van der Waals surface area contributed by atoms with E-state index in [-0.39, 0.29) is 12.4 Å². The average molecular weight is 226 g/mol. The first-order valence-electron chi connectivity index (χ1n) is 4.58. The molecule has 0 aromatic carbocycles. The summed E-state index contributed by atoms with van der Waals surface area (Å²) in [6.07, 6.45) is 3.17. The summed E-state index contributed by atoms with van der Waals surface area (Å²) in [5.41, 5.74) is 0.365. The Kier molecular flexibility index (Phi) is 4.28. The number of aromatic nitrogens is 2. The van der Waals surface area contributed by atoms with E-state index >= 15 is 0 Å². The van der Waals surface area contributed by atoms with E-state index in [1.165, 1.54) is 6.20 Å². The lowest BCUT2D eigenvalue weighted by Gasteiger charge is -2.27. The van der Waals surface area contributed by atoms with Crippen LogP contribution in [-0.2, 0) is 0 Å². The third-order valence-corrected chi connectivity index (χ3v) is 2.19. The molecule has 0 bridgehead atoms. The van der Waals surface area contributed by atoms with E-state index in [4.69, 9.17) is 5.26 Å². The maximum atomic E-state index is 8.56. The summed E-state index contributed by atoms with van der Waals surface area (Å²) in [6, 6.07) is 1.95. The maximum Gasteiger partial charge on any atom is 0.158 e. The second-order valence-electron chi connectivity index (χ2n) is 3.11. The molecule has 1 N–H and O–H groups in total. The van der Waals surface area contributed by atoms with Gasteiger partial charge < -0.3 is 10.2 Å². The summed E-state index contributed by atoms with van der Waals surface area (Å²) in [4.78, 5) is 10.3. The van der Waals surface area contributed by atoms with Gasteiger partial charge in [0.05, 0.1) is 12.4 Å². The van der Waals surface area contributed by atoms with Crippen molar-refractivity contribution < 1.29 is 0 Å². The highest BCUT2D eigenvalue weighted by molar-refractivity contribution is 5.85. The monoisotopic (exact) mass is 225 g/mol. The fourth-order valence-corrected chi connectivity index (χ4v) is 1.44. The van der Waals surface area contributed by atoms with Gasteiger partial charge in [0.25, 0.3) is 0 Å². The molecule has 1 aliphatic heterocycles. The molecule has 1 saturated heterocycles. The van der Waals surface area contributed by atoms with Gasteiger partial charge in [-0.25, -0.2) is 9.97 Å². The number of hydrogen-bond donors (Lipinski definition) is 1. The van der Waals surface area contributed by atoms with Crippen LogP contribution < -0.4 is 10.2 Å². The van der Waals surface area contributed by atoms with E-state index in [1.807, 2.05) is 6.07 Å². The molecule has 0 atom stereocenters. The van der Waals surface area contributed by atoms with Gasteiger partial charge in [0.2, 0.25) is 0 Å². The second-order valence-corrected chi connectivity index (χ2v) is 3.11. The van der Waals surface area contributed by atoms with Crippen LogP contribution in [0.4, 0.5) is 5.82 Å². The van der Waals surface area contributed by atoms with Gasteiger partial charge in [-0.1, -0.05) is 0 Å². The molecule has 0 aliphatic carbocycles. The highest BCUT2D eigenvalue weighted by atomic mass is 35.5. The highest BCUT2D eigenvalue weighted by Crippen LogP contribution is 2.08. The Hall–Kier alpha value is -1.38. The number of hydrogen-bond acceptors (Lipinski definition) is 5. The Morgan fingerprint density at radius 1 is 1.27 bits per heavy atom. The van der Waals surface area contributed by atoms with Crippen molar-refractivity contribution in [3.8, 4) is 6.07 Å². The average Bonchev–Trinajstić information content (AvgIpc) is 2.30. The number of piperazine rings is 1. The van der Waals surface area contributed by atoms with E-state index in [9.17, 15) is 0 Å². The van der Waals surface area contributed by atoms with Gasteiger partial charge >= 0.3 is 0 Å². The maximum absolute atomic E-state index is 8.56. The van der Waals surface area contributed by atoms with Crippen molar-refractivity contribution in [1.82, 2.24) is 15.3 Å². The molecule has 1 aliphatic rings. The van der Waals surface area contributed by atoms with Crippen molar-refractivity contribution in [3.05, 3.63) is 18.1 Å². The molecule has 80 valence electrons. The fraction of sp³-hybridized carbons (Fsp3) is 0.444. The van der Waals surface area contributed by atoms with Gasteiger partial charge in [-0.2, -0.15) is 5.26 Å². The minimum absolute atomic E-state index is 0. The van der Waals surface area contributed by atoms with Crippen LogP contribution in [0.3, 0.4) is 0 Å². The van der Waals surface area contributed by atoms with Gasteiger partial charge in [-0.3, -0.25) is 0 Å².